The molecule has 6 heteroatoms. The van der Waals surface area contributed by atoms with E-state index in [9.17, 15) is 9.90 Å². The van der Waals surface area contributed by atoms with Crippen molar-refractivity contribution in [2.75, 3.05) is 13.2 Å². The van der Waals surface area contributed by atoms with E-state index < -0.39 is 13.9 Å². The largest absolute Gasteiger partial charge is 0.445 e. The van der Waals surface area contributed by atoms with Gasteiger partial charge < -0.3 is 19.2 Å². The number of piperidine rings is 1. The smallest absolute Gasteiger partial charge is 0.410 e. The number of β-amino-alcohol motifs (C(OH)–C–C–N with tert-alkyl or cyclic N) is 1. The van der Waals surface area contributed by atoms with Gasteiger partial charge in [-0.2, -0.15) is 0 Å². The number of nitrogens with zero attached hydrogens (tertiary/aromatic N) is 1. The van der Waals surface area contributed by atoms with Gasteiger partial charge in [-0.05, 0) is 43.5 Å². The molecule has 1 aromatic carbocycles. The second-order valence-corrected chi connectivity index (χ2v) is 14.2. The summed E-state index contributed by atoms with van der Waals surface area (Å²) in [5.74, 6) is 0. The molecule has 27 heavy (non-hydrogen) atoms. The summed E-state index contributed by atoms with van der Waals surface area (Å²) in [6, 6.07) is 9.56. The third kappa shape index (κ3) is 6.06. The van der Waals surface area contributed by atoms with Gasteiger partial charge in [0.15, 0.2) is 8.32 Å². The lowest BCUT2D eigenvalue weighted by molar-refractivity contribution is -0.0458. The zero-order valence-electron chi connectivity index (χ0n) is 17.6. The molecule has 1 aliphatic heterocycles. The molecular formula is C21H35NO4Si. The number of hydrogen-bond acceptors (Lipinski definition) is 4. The summed E-state index contributed by atoms with van der Waals surface area (Å²) < 4.78 is 11.9. The molecule has 152 valence electrons. The molecule has 1 amide bonds. The Hall–Kier alpha value is -1.37. The summed E-state index contributed by atoms with van der Waals surface area (Å²) in [6.07, 6.45) is 0.978. The van der Waals surface area contributed by atoms with E-state index in [4.69, 9.17) is 9.16 Å². The molecule has 1 N–H and O–H groups in total. The molecule has 1 aromatic rings. The number of carbonyl (C=O) groups is 1. The predicted molar refractivity (Wildman–Crippen MR) is 110 cm³/mol. The van der Waals surface area contributed by atoms with Gasteiger partial charge in [0.05, 0.1) is 24.8 Å². The van der Waals surface area contributed by atoms with Crippen molar-refractivity contribution in [3.05, 3.63) is 35.9 Å². The maximum atomic E-state index is 12.7. The van der Waals surface area contributed by atoms with E-state index in [1.807, 2.05) is 30.3 Å². The van der Waals surface area contributed by atoms with Crippen LogP contribution in [0.1, 0.15) is 46.1 Å². The lowest BCUT2D eigenvalue weighted by Gasteiger charge is -2.44. The van der Waals surface area contributed by atoms with E-state index in [0.29, 0.717) is 19.4 Å². The second-order valence-electron chi connectivity index (χ2n) is 9.43. The van der Waals surface area contributed by atoms with Crippen LogP contribution in [0.15, 0.2) is 30.3 Å². The summed E-state index contributed by atoms with van der Waals surface area (Å²) >= 11 is 0. The van der Waals surface area contributed by atoms with Crippen molar-refractivity contribution < 1.29 is 19.1 Å². The molecule has 0 radical (unpaired) electrons. The molecule has 0 bridgehead atoms. The average Bonchev–Trinajstić information content (AvgIpc) is 2.58. The average molecular weight is 394 g/mol. The number of aliphatic hydroxyl groups is 1. The van der Waals surface area contributed by atoms with Gasteiger partial charge in [-0.1, -0.05) is 51.1 Å². The Morgan fingerprint density at radius 3 is 2.52 bits per heavy atom. The fourth-order valence-corrected chi connectivity index (χ4v) is 3.96. The molecule has 0 spiro atoms. The van der Waals surface area contributed by atoms with Crippen molar-refractivity contribution in [2.45, 2.75) is 76.9 Å². The predicted octanol–water partition coefficient (Wildman–Crippen LogP) is 4.56. The topological polar surface area (TPSA) is 59.0 Å². The van der Waals surface area contributed by atoms with Crippen LogP contribution in [0.2, 0.25) is 18.1 Å². The zero-order chi connectivity index (χ0) is 20.3. The molecule has 0 saturated carbocycles. The maximum absolute atomic E-state index is 12.7. The number of benzene rings is 1. The maximum Gasteiger partial charge on any atom is 0.410 e. The van der Waals surface area contributed by atoms with E-state index in [1.165, 1.54) is 0 Å². The van der Waals surface area contributed by atoms with Crippen molar-refractivity contribution in [3.8, 4) is 0 Å². The minimum Gasteiger partial charge on any atom is -0.445 e. The van der Waals surface area contributed by atoms with Crippen LogP contribution < -0.4 is 0 Å². The highest BCUT2D eigenvalue weighted by Crippen LogP contribution is 2.37. The van der Waals surface area contributed by atoms with Gasteiger partial charge in [-0.25, -0.2) is 4.79 Å². The first kappa shape index (κ1) is 21.9. The number of carbonyl (C=O) groups excluding carboxylic acids is 1. The summed E-state index contributed by atoms with van der Waals surface area (Å²) in [5, 5.41) is 10.6. The van der Waals surface area contributed by atoms with Gasteiger partial charge in [-0.3, -0.25) is 0 Å². The molecule has 0 aromatic heterocycles. The highest BCUT2D eigenvalue weighted by atomic mass is 28.4. The van der Waals surface area contributed by atoms with Crippen molar-refractivity contribution in [3.63, 3.8) is 0 Å². The van der Waals surface area contributed by atoms with Crippen LogP contribution in [0.25, 0.3) is 0 Å². The Balaban J connectivity index is 2.02. The first-order valence-electron chi connectivity index (χ1n) is 9.75. The van der Waals surface area contributed by atoms with Crippen LogP contribution >= 0.6 is 0 Å². The molecule has 2 rings (SSSR count). The van der Waals surface area contributed by atoms with Crippen molar-refractivity contribution in [1.29, 1.82) is 0 Å². The summed E-state index contributed by atoms with van der Waals surface area (Å²) in [6.45, 7) is 13.8. The van der Waals surface area contributed by atoms with Gasteiger partial charge in [0.2, 0.25) is 0 Å². The summed E-state index contributed by atoms with van der Waals surface area (Å²) in [7, 11) is -1.90. The fourth-order valence-electron chi connectivity index (χ4n) is 2.92. The van der Waals surface area contributed by atoms with Gasteiger partial charge in [0, 0.05) is 0 Å². The van der Waals surface area contributed by atoms with Crippen LogP contribution in [0, 0.1) is 0 Å². The molecule has 0 aliphatic carbocycles. The van der Waals surface area contributed by atoms with Crippen molar-refractivity contribution in [1.82, 2.24) is 4.90 Å². The van der Waals surface area contributed by atoms with Gasteiger partial charge >= 0.3 is 6.09 Å². The monoisotopic (exact) mass is 393 g/mol. The lowest BCUT2D eigenvalue weighted by atomic mass is 9.91. The Labute approximate surface area is 164 Å². The van der Waals surface area contributed by atoms with Crippen LogP contribution in [0.4, 0.5) is 4.79 Å². The number of amides is 1. The third-order valence-corrected chi connectivity index (χ3v) is 10.4. The zero-order valence-corrected chi connectivity index (χ0v) is 18.6. The molecule has 2 atom stereocenters. The molecule has 1 saturated heterocycles. The van der Waals surface area contributed by atoms with Gasteiger partial charge in [0.1, 0.15) is 6.61 Å². The van der Waals surface area contributed by atoms with Gasteiger partial charge in [-0.15, -0.1) is 0 Å². The standard InChI is InChI=1S/C21H35NO4Si/c1-20(2,3)27(5,6)26-15-18-12-13-21(4,24)16-22(18)19(23)25-14-17-10-8-7-9-11-17/h7-11,18,24H,12-16H2,1-6H3. The van der Waals surface area contributed by atoms with E-state index in [1.54, 1.807) is 11.8 Å². The van der Waals surface area contributed by atoms with Crippen LogP contribution in [0.5, 0.6) is 0 Å². The molecular weight excluding hydrogens is 358 g/mol. The van der Waals surface area contributed by atoms with Crippen molar-refractivity contribution >= 4 is 14.4 Å². The summed E-state index contributed by atoms with van der Waals surface area (Å²) in [4.78, 5) is 14.4. The van der Waals surface area contributed by atoms with E-state index in [0.717, 1.165) is 5.56 Å². The van der Waals surface area contributed by atoms with Crippen molar-refractivity contribution in [2.24, 2.45) is 0 Å². The van der Waals surface area contributed by atoms with Crippen LogP contribution in [0.3, 0.4) is 0 Å². The normalized spacial score (nSPS) is 24.0. The van der Waals surface area contributed by atoms with Gasteiger partial charge in [0.25, 0.3) is 0 Å². The summed E-state index contributed by atoms with van der Waals surface area (Å²) in [5.41, 5.74) is 0.0582. The molecule has 1 heterocycles. The quantitative estimate of drug-likeness (QED) is 0.745. The van der Waals surface area contributed by atoms with E-state index >= 15 is 0 Å². The molecule has 5 nitrogen and oxygen atoms in total. The highest BCUT2D eigenvalue weighted by Gasteiger charge is 2.41. The SMILES string of the molecule is CC1(O)CCC(CO[Si](C)(C)C(C)(C)C)N(C(=O)OCc2ccccc2)C1. The van der Waals surface area contributed by atoms with Crippen LogP contribution in [-0.4, -0.2) is 49.2 Å². The minimum atomic E-state index is -1.90. The number of likely N-dealkylation sites (tertiary alicyclic amines) is 1. The molecule has 2 unspecified atom stereocenters. The minimum absolute atomic E-state index is 0.0670. The Kier molecular flexibility index (Phi) is 6.76. The Morgan fingerprint density at radius 2 is 1.93 bits per heavy atom. The number of rotatable bonds is 5. The highest BCUT2D eigenvalue weighted by molar-refractivity contribution is 6.74. The van der Waals surface area contributed by atoms with Crippen LogP contribution in [-0.2, 0) is 15.8 Å². The Morgan fingerprint density at radius 1 is 1.30 bits per heavy atom. The second kappa shape index (κ2) is 8.33. The first-order valence-corrected chi connectivity index (χ1v) is 12.7. The van der Waals surface area contributed by atoms with E-state index in [-0.39, 0.29) is 30.3 Å². The lowest BCUT2D eigenvalue weighted by Crippen LogP contribution is -2.56. The van der Waals surface area contributed by atoms with E-state index in [2.05, 4.69) is 33.9 Å². The first-order chi connectivity index (χ1) is 12.4. The third-order valence-electron chi connectivity index (χ3n) is 5.85. The Bertz CT molecular complexity index is 625. The molecule has 1 aliphatic rings. The fraction of sp³-hybridized carbons (Fsp3) is 0.667. The molecule has 1 fully saturated rings. The number of ether oxygens (including phenoxy) is 1. The number of hydrogen-bond donors (Lipinski definition) is 1.